The minimum Gasteiger partial charge on any atom is -0.337 e. The maximum atomic E-state index is 12.9. The number of likely N-dealkylation sites (tertiary alicyclic amines) is 1. The maximum Gasteiger partial charge on any atom is 0.274 e. The molecule has 2 aromatic rings. The Labute approximate surface area is 160 Å². The van der Waals surface area contributed by atoms with Gasteiger partial charge in [-0.25, -0.2) is 4.98 Å². The summed E-state index contributed by atoms with van der Waals surface area (Å²) < 4.78 is 2.27. The molecule has 4 rings (SSSR count). The highest BCUT2D eigenvalue weighted by Gasteiger charge is 2.31. The van der Waals surface area contributed by atoms with Crippen molar-refractivity contribution < 1.29 is 4.79 Å². The van der Waals surface area contributed by atoms with E-state index in [1.807, 2.05) is 17.2 Å². The van der Waals surface area contributed by atoms with Crippen LogP contribution in [0.15, 0.2) is 18.5 Å². The first-order valence-corrected chi connectivity index (χ1v) is 10.1. The molecule has 2 fully saturated rings. The molecule has 3 heterocycles. The van der Waals surface area contributed by atoms with E-state index in [0.717, 1.165) is 57.0 Å². The Morgan fingerprint density at radius 1 is 1.30 bits per heavy atom. The molecule has 0 aromatic carbocycles. The molecular weight excluding hydrogens is 340 g/mol. The summed E-state index contributed by atoms with van der Waals surface area (Å²) in [5.74, 6) is 2.06. The van der Waals surface area contributed by atoms with Gasteiger partial charge in [0, 0.05) is 49.6 Å². The predicted octanol–water partition coefficient (Wildman–Crippen LogP) is 2.46. The number of imidazole rings is 1. The van der Waals surface area contributed by atoms with E-state index in [0.29, 0.717) is 17.5 Å². The molecule has 1 N–H and O–H groups in total. The molecule has 1 aliphatic carbocycles. The quantitative estimate of drug-likeness (QED) is 0.813. The zero-order valence-corrected chi connectivity index (χ0v) is 16.4. The molecule has 1 saturated carbocycles. The minimum atomic E-state index is 0.0496. The predicted molar refractivity (Wildman–Crippen MR) is 104 cm³/mol. The monoisotopic (exact) mass is 370 g/mol. The summed E-state index contributed by atoms with van der Waals surface area (Å²) in [5.41, 5.74) is 1.68. The van der Waals surface area contributed by atoms with Crippen LogP contribution in [0, 0.1) is 0 Å². The van der Waals surface area contributed by atoms with Gasteiger partial charge in [-0.05, 0) is 58.8 Å². The number of nitrogens with zero attached hydrogens (tertiary/aromatic N) is 5. The van der Waals surface area contributed by atoms with E-state index in [1.54, 1.807) is 0 Å². The first-order chi connectivity index (χ1) is 13.1. The van der Waals surface area contributed by atoms with E-state index in [1.165, 1.54) is 12.8 Å². The van der Waals surface area contributed by atoms with E-state index in [9.17, 15) is 4.79 Å². The van der Waals surface area contributed by atoms with Crippen LogP contribution in [0.2, 0.25) is 0 Å². The second-order valence-electron chi connectivity index (χ2n) is 8.21. The molecule has 0 spiro atoms. The second kappa shape index (κ2) is 7.84. The van der Waals surface area contributed by atoms with Gasteiger partial charge in [-0.1, -0.05) is 0 Å². The SMILES string of the molecule is CN(C)CCCn1ccnc1C1CCCN(C(=O)c2cc(C3CC3)[nH]n2)C1. The number of piperidine rings is 1. The zero-order valence-electron chi connectivity index (χ0n) is 16.4. The van der Waals surface area contributed by atoms with Crippen LogP contribution in [-0.2, 0) is 6.54 Å². The number of carbonyl (C=O) groups excluding carboxylic acids is 1. The Balaban J connectivity index is 1.40. The van der Waals surface area contributed by atoms with Crippen molar-refractivity contribution in [2.45, 2.75) is 50.5 Å². The number of aryl methyl sites for hydroxylation is 1. The third-order valence-corrected chi connectivity index (χ3v) is 5.66. The molecule has 2 aliphatic rings. The van der Waals surface area contributed by atoms with E-state index in [2.05, 4.69) is 44.9 Å². The van der Waals surface area contributed by atoms with Gasteiger partial charge in [-0.15, -0.1) is 0 Å². The fourth-order valence-electron chi connectivity index (χ4n) is 4.01. The summed E-state index contributed by atoms with van der Waals surface area (Å²) in [4.78, 5) is 21.7. The summed E-state index contributed by atoms with van der Waals surface area (Å²) >= 11 is 0. The van der Waals surface area contributed by atoms with Crippen LogP contribution < -0.4 is 0 Å². The summed E-state index contributed by atoms with van der Waals surface area (Å²) in [5, 5.41) is 7.32. The Bertz CT molecular complexity index is 775. The van der Waals surface area contributed by atoms with Gasteiger partial charge in [0.25, 0.3) is 5.91 Å². The first kappa shape index (κ1) is 18.2. The van der Waals surface area contributed by atoms with Crippen LogP contribution in [0.4, 0.5) is 0 Å². The zero-order chi connectivity index (χ0) is 18.8. The van der Waals surface area contributed by atoms with E-state index >= 15 is 0 Å². The Morgan fingerprint density at radius 2 is 2.15 bits per heavy atom. The lowest BCUT2D eigenvalue weighted by molar-refractivity contribution is 0.0697. The average molecular weight is 371 g/mol. The summed E-state index contributed by atoms with van der Waals surface area (Å²) in [6.45, 7) is 3.58. The summed E-state index contributed by atoms with van der Waals surface area (Å²) in [7, 11) is 4.20. The lowest BCUT2D eigenvalue weighted by atomic mass is 9.96. The minimum absolute atomic E-state index is 0.0496. The lowest BCUT2D eigenvalue weighted by Gasteiger charge is -2.32. The topological polar surface area (TPSA) is 70.1 Å². The molecule has 7 heteroatoms. The molecular formula is C20H30N6O. The van der Waals surface area contributed by atoms with Gasteiger partial charge in [-0.2, -0.15) is 5.10 Å². The Kier molecular flexibility index (Phi) is 5.29. The number of rotatable bonds is 7. The van der Waals surface area contributed by atoms with Crippen LogP contribution in [0.1, 0.15) is 65.9 Å². The highest BCUT2D eigenvalue weighted by Crippen LogP contribution is 2.39. The molecule has 1 aliphatic heterocycles. The van der Waals surface area contributed by atoms with Gasteiger partial charge < -0.3 is 14.4 Å². The largest absolute Gasteiger partial charge is 0.337 e. The van der Waals surface area contributed by atoms with Crippen LogP contribution in [-0.4, -0.2) is 69.2 Å². The smallest absolute Gasteiger partial charge is 0.274 e. The van der Waals surface area contributed by atoms with E-state index in [4.69, 9.17) is 0 Å². The van der Waals surface area contributed by atoms with Gasteiger partial charge in [0.2, 0.25) is 0 Å². The van der Waals surface area contributed by atoms with Crippen molar-refractivity contribution in [3.63, 3.8) is 0 Å². The Morgan fingerprint density at radius 3 is 2.93 bits per heavy atom. The number of aromatic nitrogens is 4. The summed E-state index contributed by atoms with van der Waals surface area (Å²) in [6, 6.07) is 1.95. The van der Waals surface area contributed by atoms with Crippen molar-refractivity contribution in [3.8, 4) is 0 Å². The molecule has 1 atom stereocenters. The molecule has 146 valence electrons. The van der Waals surface area contributed by atoms with Gasteiger partial charge >= 0.3 is 0 Å². The van der Waals surface area contributed by atoms with Gasteiger partial charge in [-0.3, -0.25) is 9.89 Å². The normalized spacial score (nSPS) is 20.4. The maximum absolute atomic E-state index is 12.9. The highest BCUT2D eigenvalue weighted by atomic mass is 16.2. The van der Waals surface area contributed by atoms with Crippen LogP contribution in [0.5, 0.6) is 0 Å². The van der Waals surface area contributed by atoms with Crippen molar-refractivity contribution in [1.29, 1.82) is 0 Å². The third-order valence-electron chi connectivity index (χ3n) is 5.66. The average Bonchev–Trinajstić information content (AvgIpc) is 3.21. The number of aromatic amines is 1. The Hall–Kier alpha value is -2.15. The van der Waals surface area contributed by atoms with Crippen LogP contribution in [0.25, 0.3) is 0 Å². The molecule has 1 unspecified atom stereocenters. The van der Waals surface area contributed by atoms with Gasteiger partial charge in [0.15, 0.2) is 0 Å². The van der Waals surface area contributed by atoms with Crippen LogP contribution >= 0.6 is 0 Å². The van der Waals surface area contributed by atoms with Crippen molar-refractivity contribution in [3.05, 3.63) is 35.7 Å². The molecule has 0 bridgehead atoms. The van der Waals surface area contributed by atoms with Crippen molar-refractivity contribution >= 4 is 5.91 Å². The molecule has 27 heavy (non-hydrogen) atoms. The number of hydrogen-bond donors (Lipinski definition) is 1. The molecule has 1 saturated heterocycles. The number of nitrogens with one attached hydrogen (secondary N) is 1. The molecule has 0 radical (unpaired) electrons. The second-order valence-corrected chi connectivity index (χ2v) is 8.21. The molecule has 1 amide bonds. The number of H-pyrrole nitrogens is 1. The molecule has 7 nitrogen and oxygen atoms in total. The van der Waals surface area contributed by atoms with Crippen LogP contribution in [0.3, 0.4) is 0 Å². The van der Waals surface area contributed by atoms with Crippen molar-refractivity contribution in [2.24, 2.45) is 0 Å². The fourth-order valence-corrected chi connectivity index (χ4v) is 4.01. The van der Waals surface area contributed by atoms with E-state index < -0.39 is 0 Å². The van der Waals surface area contributed by atoms with Crippen molar-refractivity contribution in [1.82, 2.24) is 29.5 Å². The number of amides is 1. The van der Waals surface area contributed by atoms with Gasteiger partial charge in [0.1, 0.15) is 11.5 Å². The number of carbonyl (C=O) groups is 1. The van der Waals surface area contributed by atoms with E-state index in [-0.39, 0.29) is 5.91 Å². The lowest BCUT2D eigenvalue weighted by Crippen LogP contribution is -2.40. The highest BCUT2D eigenvalue weighted by molar-refractivity contribution is 5.92. The summed E-state index contributed by atoms with van der Waals surface area (Å²) in [6.07, 6.45) is 9.57. The third kappa shape index (κ3) is 4.24. The van der Waals surface area contributed by atoms with Crippen molar-refractivity contribution in [2.75, 3.05) is 33.7 Å². The standard InChI is InChI=1S/C20H30N6O/c1-24(2)9-4-11-25-12-8-21-19(25)16-5-3-10-26(14-16)20(27)18-13-17(22-23-18)15-6-7-15/h8,12-13,15-16H,3-7,9-11,14H2,1-2H3,(H,22,23). The fraction of sp³-hybridized carbons (Fsp3) is 0.650. The first-order valence-electron chi connectivity index (χ1n) is 10.1. The number of hydrogen-bond acceptors (Lipinski definition) is 4. The van der Waals surface area contributed by atoms with Gasteiger partial charge in [0.05, 0.1) is 0 Å². The molecule has 2 aromatic heterocycles.